The van der Waals surface area contributed by atoms with E-state index >= 15 is 0 Å². The molecule has 0 N–H and O–H groups in total. The summed E-state index contributed by atoms with van der Waals surface area (Å²) in [4.78, 5) is 0. The van der Waals surface area contributed by atoms with Crippen molar-refractivity contribution in [1.82, 2.24) is 0 Å². The van der Waals surface area contributed by atoms with Gasteiger partial charge in [0.1, 0.15) is 0 Å². The predicted octanol–water partition coefficient (Wildman–Crippen LogP) is 9.50. The molecule has 0 amide bonds. The standard InChI is InChI=1S/C35H36/c1-3-5-7-13-25-19-21-29-27-15-9-11-17-31(27)35(33(29)23-25)32-18-12-10-16-28(32)30-22-20-26(24-34(30)35)14-8-6-4-2/h9-12,15-24H,3-8,13-14H2,1-2H3. The molecule has 6 rings (SSSR count). The summed E-state index contributed by atoms with van der Waals surface area (Å²) in [6.07, 6.45) is 10.0. The van der Waals surface area contributed by atoms with Crippen molar-refractivity contribution in [1.29, 1.82) is 0 Å². The fraction of sp³-hybridized carbons (Fsp3) is 0.314. The van der Waals surface area contributed by atoms with Gasteiger partial charge in [0.25, 0.3) is 0 Å². The highest BCUT2D eigenvalue weighted by Gasteiger charge is 2.51. The van der Waals surface area contributed by atoms with Gasteiger partial charge in [0.05, 0.1) is 5.41 Å². The third kappa shape index (κ3) is 3.41. The molecule has 0 saturated heterocycles. The lowest BCUT2D eigenvalue weighted by molar-refractivity contribution is 0.712. The Morgan fingerprint density at radius 2 is 0.886 bits per heavy atom. The second-order valence-electron chi connectivity index (χ2n) is 10.5. The average Bonchev–Trinajstić information content (AvgIpc) is 3.36. The van der Waals surface area contributed by atoms with E-state index in [1.165, 1.54) is 107 Å². The molecular weight excluding hydrogens is 420 g/mol. The second-order valence-corrected chi connectivity index (χ2v) is 10.5. The van der Waals surface area contributed by atoms with E-state index in [4.69, 9.17) is 0 Å². The van der Waals surface area contributed by atoms with Crippen LogP contribution in [-0.4, -0.2) is 0 Å². The Balaban J connectivity index is 1.60. The van der Waals surface area contributed by atoms with Crippen LogP contribution in [0, 0.1) is 0 Å². The van der Waals surface area contributed by atoms with Gasteiger partial charge in [-0.25, -0.2) is 0 Å². The van der Waals surface area contributed by atoms with Crippen molar-refractivity contribution >= 4 is 0 Å². The molecule has 0 nitrogen and oxygen atoms in total. The average molecular weight is 457 g/mol. The first-order chi connectivity index (χ1) is 17.3. The van der Waals surface area contributed by atoms with E-state index in [9.17, 15) is 0 Å². The first-order valence-corrected chi connectivity index (χ1v) is 13.8. The second kappa shape index (κ2) is 9.15. The molecule has 0 saturated carbocycles. The van der Waals surface area contributed by atoms with E-state index in [0.29, 0.717) is 0 Å². The van der Waals surface area contributed by atoms with E-state index in [2.05, 4.69) is 98.8 Å². The Morgan fingerprint density at radius 3 is 1.34 bits per heavy atom. The zero-order valence-electron chi connectivity index (χ0n) is 21.2. The van der Waals surface area contributed by atoms with Crippen molar-refractivity contribution in [2.45, 2.75) is 70.6 Å². The molecule has 0 bridgehead atoms. The number of rotatable bonds is 8. The lowest BCUT2D eigenvalue weighted by atomic mass is 9.70. The molecule has 0 aliphatic heterocycles. The monoisotopic (exact) mass is 456 g/mol. The number of hydrogen-bond acceptors (Lipinski definition) is 0. The molecule has 176 valence electrons. The van der Waals surface area contributed by atoms with Crippen molar-refractivity contribution in [2.24, 2.45) is 0 Å². The van der Waals surface area contributed by atoms with Crippen LogP contribution in [-0.2, 0) is 18.3 Å². The van der Waals surface area contributed by atoms with Crippen molar-refractivity contribution in [3.63, 3.8) is 0 Å². The summed E-state index contributed by atoms with van der Waals surface area (Å²) in [6, 6.07) is 33.0. The molecule has 0 heterocycles. The van der Waals surface area contributed by atoms with E-state index in [1.54, 1.807) is 0 Å². The zero-order chi connectivity index (χ0) is 23.8. The molecule has 0 fully saturated rings. The van der Waals surface area contributed by atoms with E-state index in [-0.39, 0.29) is 5.41 Å². The summed E-state index contributed by atoms with van der Waals surface area (Å²) in [5.74, 6) is 0. The molecule has 4 aromatic carbocycles. The highest BCUT2D eigenvalue weighted by atomic mass is 14.5. The molecule has 0 atom stereocenters. The number of fused-ring (bicyclic) bond motifs is 10. The lowest BCUT2D eigenvalue weighted by Gasteiger charge is -2.31. The minimum absolute atomic E-state index is 0.209. The Hall–Kier alpha value is -3.12. The molecule has 35 heavy (non-hydrogen) atoms. The van der Waals surface area contributed by atoms with E-state index < -0.39 is 0 Å². The van der Waals surface area contributed by atoms with E-state index in [1.807, 2.05) is 0 Å². The largest absolute Gasteiger partial charge is 0.0725 e. The van der Waals surface area contributed by atoms with Gasteiger partial charge in [0.15, 0.2) is 0 Å². The van der Waals surface area contributed by atoms with Crippen LogP contribution in [0.4, 0.5) is 0 Å². The first kappa shape index (κ1) is 22.4. The van der Waals surface area contributed by atoms with Gasteiger partial charge in [0.2, 0.25) is 0 Å². The molecule has 0 radical (unpaired) electrons. The molecule has 0 unspecified atom stereocenters. The molecular formula is C35H36. The summed E-state index contributed by atoms with van der Waals surface area (Å²) in [5.41, 5.74) is 14.3. The van der Waals surface area contributed by atoms with Crippen molar-refractivity contribution in [3.8, 4) is 22.3 Å². The van der Waals surface area contributed by atoms with Gasteiger partial charge >= 0.3 is 0 Å². The molecule has 0 heteroatoms. The van der Waals surface area contributed by atoms with Crippen molar-refractivity contribution < 1.29 is 0 Å². The van der Waals surface area contributed by atoms with Crippen LogP contribution in [0.3, 0.4) is 0 Å². The number of aryl methyl sites for hydroxylation is 2. The summed E-state index contributed by atoms with van der Waals surface area (Å²) in [6.45, 7) is 4.58. The molecule has 2 aliphatic rings. The van der Waals surface area contributed by atoms with Gasteiger partial charge in [-0.15, -0.1) is 0 Å². The van der Waals surface area contributed by atoms with E-state index in [0.717, 1.165) is 0 Å². The van der Waals surface area contributed by atoms with Crippen LogP contribution in [0.1, 0.15) is 85.8 Å². The number of unbranched alkanes of at least 4 members (excludes halogenated alkanes) is 4. The van der Waals surface area contributed by atoms with Crippen LogP contribution in [0.15, 0.2) is 84.9 Å². The van der Waals surface area contributed by atoms with Gasteiger partial charge in [-0.2, -0.15) is 0 Å². The SMILES string of the molecule is CCCCCc1ccc2c(c1)C1(c3ccccc3-2)c2ccccc2-c2ccc(CCCCC)cc21. The molecule has 1 spiro atoms. The fourth-order valence-corrected chi connectivity index (χ4v) is 6.70. The maximum Gasteiger partial charge on any atom is 0.0725 e. The van der Waals surface area contributed by atoms with Crippen LogP contribution >= 0.6 is 0 Å². The Labute approximate surface area is 211 Å². The predicted molar refractivity (Wildman–Crippen MR) is 149 cm³/mol. The number of hydrogen-bond donors (Lipinski definition) is 0. The smallest absolute Gasteiger partial charge is 0.0654 e. The van der Waals surface area contributed by atoms with Gasteiger partial charge in [-0.1, -0.05) is 124 Å². The van der Waals surface area contributed by atoms with Crippen LogP contribution < -0.4 is 0 Å². The first-order valence-electron chi connectivity index (χ1n) is 13.8. The van der Waals surface area contributed by atoms with Gasteiger partial charge in [-0.05, 0) is 81.3 Å². The van der Waals surface area contributed by atoms with Gasteiger partial charge < -0.3 is 0 Å². The Morgan fingerprint density at radius 1 is 0.457 bits per heavy atom. The van der Waals surface area contributed by atoms with Crippen LogP contribution in [0.2, 0.25) is 0 Å². The van der Waals surface area contributed by atoms with Crippen molar-refractivity contribution in [2.75, 3.05) is 0 Å². The maximum atomic E-state index is 2.56. The minimum atomic E-state index is -0.209. The van der Waals surface area contributed by atoms with Gasteiger partial charge in [-0.3, -0.25) is 0 Å². The highest BCUT2D eigenvalue weighted by Crippen LogP contribution is 2.62. The van der Waals surface area contributed by atoms with Crippen molar-refractivity contribution in [3.05, 3.63) is 118 Å². The normalized spacial score (nSPS) is 14.0. The Kier molecular flexibility index (Phi) is 5.85. The molecule has 2 aliphatic carbocycles. The third-order valence-electron chi connectivity index (χ3n) is 8.36. The van der Waals surface area contributed by atoms with Crippen LogP contribution in [0.5, 0.6) is 0 Å². The molecule has 4 aromatic rings. The lowest BCUT2D eigenvalue weighted by Crippen LogP contribution is -2.26. The van der Waals surface area contributed by atoms with Crippen LogP contribution in [0.25, 0.3) is 22.3 Å². The van der Waals surface area contributed by atoms with Gasteiger partial charge in [0, 0.05) is 0 Å². The molecule has 0 aromatic heterocycles. The summed E-state index contributed by atoms with van der Waals surface area (Å²) < 4.78 is 0. The Bertz CT molecular complexity index is 1270. The topological polar surface area (TPSA) is 0 Å². The minimum Gasteiger partial charge on any atom is -0.0654 e. The maximum absolute atomic E-state index is 2.56. The summed E-state index contributed by atoms with van der Waals surface area (Å²) in [7, 11) is 0. The fourth-order valence-electron chi connectivity index (χ4n) is 6.70. The quantitative estimate of drug-likeness (QED) is 0.200. The summed E-state index contributed by atoms with van der Waals surface area (Å²) >= 11 is 0. The summed E-state index contributed by atoms with van der Waals surface area (Å²) in [5, 5.41) is 0. The highest BCUT2D eigenvalue weighted by molar-refractivity contribution is 5.95. The third-order valence-corrected chi connectivity index (χ3v) is 8.36. The zero-order valence-corrected chi connectivity index (χ0v) is 21.2. The number of benzene rings is 4.